The Balaban J connectivity index is 1.97. The second kappa shape index (κ2) is 8.11. The molecule has 0 aliphatic rings. The summed E-state index contributed by atoms with van der Waals surface area (Å²) in [4.78, 5) is 2.44. The van der Waals surface area contributed by atoms with E-state index in [2.05, 4.69) is 86.3 Å². The molecule has 2 aromatic carbocycles. The molecule has 0 aliphatic carbocycles. The third-order valence-electron chi connectivity index (χ3n) is 3.44. The lowest BCUT2D eigenvalue weighted by molar-refractivity contribution is -0.0148. The normalized spacial score (nSPS) is 11.8. The summed E-state index contributed by atoms with van der Waals surface area (Å²) >= 11 is 0. The van der Waals surface area contributed by atoms with Crippen molar-refractivity contribution in [2.75, 3.05) is 13.2 Å². The maximum atomic E-state index is 5.89. The molecule has 0 atom stereocenters. The predicted octanol–water partition coefficient (Wildman–Crippen LogP) is 4.50. The standard InChI is InChI=1S/C20H27NO/c1-20(2,3)22-15-14-21(16-18-10-6-4-7-11-18)17-19-12-8-5-9-13-19/h4-13H,14-17H2,1-3H3. The van der Waals surface area contributed by atoms with Crippen LogP contribution in [0.5, 0.6) is 0 Å². The van der Waals surface area contributed by atoms with Crippen LogP contribution >= 0.6 is 0 Å². The summed E-state index contributed by atoms with van der Waals surface area (Å²) in [6.07, 6.45) is 0. The second-order valence-corrected chi connectivity index (χ2v) is 6.64. The van der Waals surface area contributed by atoms with E-state index >= 15 is 0 Å². The van der Waals surface area contributed by atoms with E-state index in [1.54, 1.807) is 0 Å². The van der Waals surface area contributed by atoms with Gasteiger partial charge in [-0.2, -0.15) is 0 Å². The zero-order chi connectivity index (χ0) is 15.8. The van der Waals surface area contributed by atoms with E-state index in [1.165, 1.54) is 11.1 Å². The van der Waals surface area contributed by atoms with Crippen molar-refractivity contribution in [1.82, 2.24) is 4.90 Å². The third kappa shape index (κ3) is 6.42. The monoisotopic (exact) mass is 297 g/mol. The number of benzene rings is 2. The first-order valence-electron chi connectivity index (χ1n) is 7.97. The van der Waals surface area contributed by atoms with E-state index in [-0.39, 0.29) is 5.60 Å². The highest BCUT2D eigenvalue weighted by atomic mass is 16.5. The van der Waals surface area contributed by atoms with Gasteiger partial charge in [0, 0.05) is 19.6 Å². The van der Waals surface area contributed by atoms with Crippen molar-refractivity contribution >= 4 is 0 Å². The van der Waals surface area contributed by atoms with Gasteiger partial charge in [0.05, 0.1) is 12.2 Å². The van der Waals surface area contributed by atoms with E-state index in [0.717, 1.165) is 26.2 Å². The maximum Gasteiger partial charge on any atom is 0.0600 e. The van der Waals surface area contributed by atoms with Crippen molar-refractivity contribution in [3.05, 3.63) is 71.8 Å². The molecule has 2 nitrogen and oxygen atoms in total. The van der Waals surface area contributed by atoms with E-state index in [0.29, 0.717) is 0 Å². The Hall–Kier alpha value is -1.64. The summed E-state index contributed by atoms with van der Waals surface area (Å²) in [7, 11) is 0. The van der Waals surface area contributed by atoms with Crippen LogP contribution in [0.1, 0.15) is 31.9 Å². The molecule has 0 fully saturated rings. The van der Waals surface area contributed by atoms with Gasteiger partial charge < -0.3 is 4.74 Å². The largest absolute Gasteiger partial charge is 0.375 e. The highest BCUT2D eigenvalue weighted by Gasteiger charge is 2.12. The summed E-state index contributed by atoms with van der Waals surface area (Å²) in [5, 5.41) is 0. The van der Waals surface area contributed by atoms with E-state index < -0.39 is 0 Å². The van der Waals surface area contributed by atoms with Crippen molar-refractivity contribution in [3.8, 4) is 0 Å². The Morgan fingerprint density at radius 2 is 1.23 bits per heavy atom. The lowest BCUT2D eigenvalue weighted by atomic mass is 10.1. The molecule has 2 heteroatoms. The van der Waals surface area contributed by atoms with Crippen molar-refractivity contribution < 1.29 is 4.74 Å². The van der Waals surface area contributed by atoms with Gasteiger partial charge in [-0.1, -0.05) is 60.7 Å². The molecule has 0 saturated carbocycles. The molecule has 0 spiro atoms. The molecule has 0 heterocycles. The van der Waals surface area contributed by atoms with Crippen LogP contribution in [0, 0.1) is 0 Å². The van der Waals surface area contributed by atoms with Crippen LogP contribution in [0.15, 0.2) is 60.7 Å². The molecule has 0 aliphatic heterocycles. The van der Waals surface area contributed by atoms with Gasteiger partial charge >= 0.3 is 0 Å². The van der Waals surface area contributed by atoms with Crippen molar-refractivity contribution in [2.24, 2.45) is 0 Å². The Bertz CT molecular complexity index is 489. The number of hydrogen-bond acceptors (Lipinski definition) is 2. The molecule has 2 aromatic rings. The summed E-state index contributed by atoms with van der Waals surface area (Å²) in [6, 6.07) is 21.3. The Morgan fingerprint density at radius 1 is 0.773 bits per heavy atom. The number of hydrogen-bond donors (Lipinski definition) is 0. The molecule has 0 radical (unpaired) electrons. The van der Waals surface area contributed by atoms with Gasteiger partial charge in [-0.25, -0.2) is 0 Å². The smallest absolute Gasteiger partial charge is 0.0600 e. The van der Waals surface area contributed by atoms with Gasteiger partial charge in [-0.3, -0.25) is 4.90 Å². The lowest BCUT2D eigenvalue weighted by Gasteiger charge is -2.26. The summed E-state index contributed by atoms with van der Waals surface area (Å²) in [6.45, 7) is 9.89. The van der Waals surface area contributed by atoms with Crippen molar-refractivity contribution in [3.63, 3.8) is 0 Å². The minimum Gasteiger partial charge on any atom is -0.375 e. The molecular formula is C20H27NO. The molecule has 0 amide bonds. The van der Waals surface area contributed by atoms with Gasteiger partial charge in [-0.15, -0.1) is 0 Å². The zero-order valence-electron chi connectivity index (χ0n) is 14.0. The third-order valence-corrected chi connectivity index (χ3v) is 3.44. The SMILES string of the molecule is CC(C)(C)OCCN(Cc1ccccc1)Cc1ccccc1. The fourth-order valence-electron chi connectivity index (χ4n) is 2.38. The molecule has 22 heavy (non-hydrogen) atoms. The zero-order valence-corrected chi connectivity index (χ0v) is 14.0. The first-order valence-corrected chi connectivity index (χ1v) is 7.97. The molecule has 0 unspecified atom stereocenters. The lowest BCUT2D eigenvalue weighted by Crippen LogP contribution is -2.30. The molecule has 2 rings (SSSR count). The van der Waals surface area contributed by atoms with E-state index in [1.807, 2.05) is 0 Å². The highest BCUT2D eigenvalue weighted by molar-refractivity contribution is 5.17. The van der Waals surface area contributed by atoms with Crippen LogP contribution in [0.2, 0.25) is 0 Å². The first-order chi connectivity index (χ1) is 10.5. The second-order valence-electron chi connectivity index (χ2n) is 6.64. The highest BCUT2D eigenvalue weighted by Crippen LogP contribution is 2.11. The molecule has 0 aromatic heterocycles. The van der Waals surface area contributed by atoms with Crippen LogP contribution in [-0.4, -0.2) is 23.7 Å². The molecule has 118 valence electrons. The van der Waals surface area contributed by atoms with Gasteiger partial charge in [0.15, 0.2) is 0 Å². The minimum atomic E-state index is -0.0782. The predicted molar refractivity (Wildman–Crippen MR) is 92.7 cm³/mol. The number of ether oxygens (including phenoxy) is 1. The minimum absolute atomic E-state index is 0.0782. The molecule has 0 bridgehead atoms. The van der Waals surface area contributed by atoms with Crippen molar-refractivity contribution in [2.45, 2.75) is 39.5 Å². The van der Waals surface area contributed by atoms with Crippen LogP contribution in [0.4, 0.5) is 0 Å². The molecule has 0 N–H and O–H groups in total. The first kappa shape index (κ1) is 16.7. The quantitative estimate of drug-likeness (QED) is 0.746. The average molecular weight is 297 g/mol. The summed E-state index contributed by atoms with van der Waals surface area (Å²) in [5.74, 6) is 0. The van der Waals surface area contributed by atoms with E-state index in [9.17, 15) is 0 Å². The molecular weight excluding hydrogens is 270 g/mol. The topological polar surface area (TPSA) is 12.5 Å². The van der Waals surface area contributed by atoms with Crippen LogP contribution in [-0.2, 0) is 17.8 Å². The van der Waals surface area contributed by atoms with Crippen LogP contribution in [0.3, 0.4) is 0 Å². The number of nitrogens with zero attached hydrogens (tertiary/aromatic N) is 1. The summed E-state index contributed by atoms with van der Waals surface area (Å²) < 4.78 is 5.89. The van der Waals surface area contributed by atoms with Gasteiger partial charge in [0.25, 0.3) is 0 Å². The van der Waals surface area contributed by atoms with Gasteiger partial charge in [0.1, 0.15) is 0 Å². The fraction of sp³-hybridized carbons (Fsp3) is 0.400. The van der Waals surface area contributed by atoms with Crippen LogP contribution < -0.4 is 0 Å². The van der Waals surface area contributed by atoms with Gasteiger partial charge in [0.2, 0.25) is 0 Å². The van der Waals surface area contributed by atoms with Crippen molar-refractivity contribution in [1.29, 1.82) is 0 Å². The fourth-order valence-corrected chi connectivity index (χ4v) is 2.38. The number of rotatable bonds is 7. The van der Waals surface area contributed by atoms with Gasteiger partial charge in [-0.05, 0) is 31.9 Å². The Kier molecular flexibility index (Phi) is 6.17. The summed E-state index contributed by atoms with van der Waals surface area (Å²) in [5.41, 5.74) is 2.61. The average Bonchev–Trinajstić information content (AvgIpc) is 2.48. The van der Waals surface area contributed by atoms with E-state index in [4.69, 9.17) is 4.74 Å². The Labute approximate surface area is 134 Å². The maximum absolute atomic E-state index is 5.89. The van der Waals surface area contributed by atoms with Crippen LogP contribution in [0.25, 0.3) is 0 Å². The Morgan fingerprint density at radius 3 is 1.64 bits per heavy atom. The molecule has 0 saturated heterocycles.